The van der Waals surface area contributed by atoms with Gasteiger partial charge in [0.15, 0.2) is 16.7 Å². The fourth-order valence-electron chi connectivity index (χ4n) is 4.62. The number of ether oxygens (including phenoxy) is 3. The van der Waals surface area contributed by atoms with E-state index in [0.29, 0.717) is 27.9 Å². The minimum absolute atomic E-state index is 0.0806. The first kappa shape index (κ1) is 25.2. The molecule has 1 saturated heterocycles. The number of amides is 1. The Balaban J connectivity index is 1.81. The largest absolute Gasteiger partial charge is 0.493 e. The predicted molar refractivity (Wildman–Crippen MR) is 136 cm³/mol. The summed E-state index contributed by atoms with van der Waals surface area (Å²) in [5.41, 5.74) is 1.85. The molecule has 0 aromatic heterocycles. The summed E-state index contributed by atoms with van der Waals surface area (Å²) in [6.45, 7) is 8.91. The van der Waals surface area contributed by atoms with Crippen LogP contribution in [0.4, 0.5) is 0 Å². The second kappa shape index (κ2) is 9.97. The maximum Gasteiger partial charge on any atom is 0.338 e. The van der Waals surface area contributed by atoms with E-state index in [9.17, 15) is 9.59 Å². The lowest BCUT2D eigenvalue weighted by molar-refractivity contribution is -0.150. The van der Waals surface area contributed by atoms with Gasteiger partial charge in [0.2, 0.25) is 5.91 Å². The van der Waals surface area contributed by atoms with Gasteiger partial charge in [-0.1, -0.05) is 23.9 Å². The Kier molecular flexibility index (Phi) is 7.17. The van der Waals surface area contributed by atoms with Crippen molar-refractivity contribution < 1.29 is 23.8 Å². The number of esters is 1. The molecule has 3 aliphatic rings. The highest BCUT2D eigenvalue weighted by atomic mass is 32.2. The molecular formula is C26H33N3O5S. The normalized spacial score (nSPS) is 19.9. The summed E-state index contributed by atoms with van der Waals surface area (Å²) >= 11 is 1.46. The number of fused-ring (bicyclic) bond motifs is 1. The minimum Gasteiger partial charge on any atom is -0.493 e. The minimum atomic E-state index is -0.679. The highest BCUT2D eigenvalue weighted by Crippen LogP contribution is 2.49. The maximum atomic E-state index is 13.5. The first-order chi connectivity index (χ1) is 16.6. The number of carbonyl (C=O) groups is 2. The fourth-order valence-corrected chi connectivity index (χ4v) is 5.58. The number of carbonyl (C=O) groups excluding carboxylic acids is 2. The van der Waals surface area contributed by atoms with Crippen molar-refractivity contribution >= 4 is 28.8 Å². The van der Waals surface area contributed by atoms with Crippen molar-refractivity contribution in [3.8, 4) is 11.5 Å². The van der Waals surface area contributed by atoms with E-state index in [4.69, 9.17) is 19.2 Å². The SMILES string of the molecule is COc1cccc(C2C(C(=O)OC(C)(C)C)=C(C)N=C3SC=C(CC(=O)N4CCCC4)N32)c1OC. The Labute approximate surface area is 211 Å². The quantitative estimate of drug-likeness (QED) is 0.528. The molecule has 0 bridgehead atoms. The number of nitrogens with zero attached hydrogens (tertiary/aromatic N) is 3. The summed E-state index contributed by atoms with van der Waals surface area (Å²) in [6, 6.07) is 5.01. The number of thioether (sulfide) groups is 1. The molecule has 0 radical (unpaired) electrons. The van der Waals surface area contributed by atoms with Crippen LogP contribution in [0.15, 0.2) is 45.6 Å². The Morgan fingerprint density at radius 1 is 1.14 bits per heavy atom. The van der Waals surface area contributed by atoms with Gasteiger partial charge in [0.1, 0.15) is 5.60 Å². The summed E-state index contributed by atoms with van der Waals surface area (Å²) in [7, 11) is 3.16. The van der Waals surface area contributed by atoms with E-state index in [2.05, 4.69) is 0 Å². The van der Waals surface area contributed by atoms with E-state index in [1.807, 2.05) is 61.1 Å². The van der Waals surface area contributed by atoms with E-state index in [-0.39, 0.29) is 12.3 Å². The highest BCUT2D eigenvalue weighted by molar-refractivity contribution is 8.16. The molecule has 9 heteroatoms. The predicted octanol–water partition coefficient (Wildman–Crippen LogP) is 4.63. The molecule has 0 spiro atoms. The number of amidine groups is 1. The van der Waals surface area contributed by atoms with Gasteiger partial charge in [-0.15, -0.1) is 0 Å². The zero-order valence-electron chi connectivity index (χ0n) is 21.2. The lowest BCUT2D eigenvalue weighted by atomic mass is 9.92. The van der Waals surface area contributed by atoms with Gasteiger partial charge in [-0.2, -0.15) is 0 Å². The molecule has 1 aromatic carbocycles. The first-order valence-corrected chi connectivity index (χ1v) is 12.7. The second-order valence-corrected chi connectivity index (χ2v) is 10.6. The lowest BCUT2D eigenvalue weighted by Crippen LogP contribution is -2.39. The summed E-state index contributed by atoms with van der Waals surface area (Å²) in [6.07, 6.45) is 2.30. The number of likely N-dealkylation sites (tertiary alicyclic amines) is 1. The summed E-state index contributed by atoms with van der Waals surface area (Å²) < 4.78 is 17.1. The lowest BCUT2D eigenvalue weighted by Gasteiger charge is -2.37. The average Bonchev–Trinajstić information content (AvgIpc) is 3.47. The number of para-hydroxylation sites is 1. The van der Waals surface area contributed by atoms with Gasteiger partial charge in [-0.05, 0) is 52.0 Å². The van der Waals surface area contributed by atoms with Crippen LogP contribution in [0.5, 0.6) is 11.5 Å². The average molecular weight is 500 g/mol. The third-order valence-electron chi connectivity index (χ3n) is 6.14. The van der Waals surface area contributed by atoms with Gasteiger partial charge in [0.25, 0.3) is 0 Å². The number of hydrogen-bond donors (Lipinski definition) is 0. The van der Waals surface area contributed by atoms with Gasteiger partial charge < -0.3 is 24.0 Å². The van der Waals surface area contributed by atoms with E-state index in [1.165, 1.54) is 11.8 Å². The Morgan fingerprint density at radius 2 is 1.86 bits per heavy atom. The van der Waals surface area contributed by atoms with Crippen LogP contribution in [0.2, 0.25) is 0 Å². The molecule has 3 heterocycles. The third kappa shape index (κ3) is 5.05. The topological polar surface area (TPSA) is 80.7 Å². The molecule has 3 aliphatic heterocycles. The number of methoxy groups -OCH3 is 2. The molecule has 0 aliphatic carbocycles. The molecule has 1 unspecified atom stereocenters. The molecule has 1 aromatic rings. The summed E-state index contributed by atoms with van der Waals surface area (Å²) in [4.78, 5) is 35.2. The van der Waals surface area contributed by atoms with Crippen LogP contribution in [-0.4, -0.2) is 59.8 Å². The zero-order valence-corrected chi connectivity index (χ0v) is 22.0. The van der Waals surface area contributed by atoms with Crippen LogP contribution in [0.25, 0.3) is 0 Å². The second-order valence-electron chi connectivity index (χ2n) is 9.74. The van der Waals surface area contributed by atoms with Crippen LogP contribution in [-0.2, 0) is 14.3 Å². The van der Waals surface area contributed by atoms with Crippen molar-refractivity contribution in [1.29, 1.82) is 0 Å². The van der Waals surface area contributed by atoms with E-state index < -0.39 is 17.6 Å². The van der Waals surface area contributed by atoms with Crippen LogP contribution < -0.4 is 9.47 Å². The van der Waals surface area contributed by atoms with Gasteiger partial charge in [0, 0.05) is 24.4 Å². The first-order valence-electron chi connectivity index (χ1n) is 11.8. The molecule has 35 heavy (non-hydrogen) atoms. The van der Waals surface area contributed by atoms with Crippen LogP contribution in [0.3, 0.4) is 0 Å². The standard InChI is InChI=1S/C26H33N3O5S/c1-16-21(24(31)34-26(2,3)4)22(18-10-9-11-19(32-5)23(18)33-6)29-17(15-35-25(29)27-16)14-20(30)28-12-7-8-13-28/h9-11,15,22H,7-8,12-14H2,1-6H3. The van der Waals surface area contributed by atoms with Crippen LogP contribution >= 0.6 is 11.8 Å². The van der Waals surface area contributed by atoms with E-state index >= 15 is 0 Å². The summed E-state index contributed by atoms with van der Waals surface area (Å²) in [5, 5.41) is 2.67. The van der Waals surface area contributed by atoms with Crippen molar-refractivity contribution in [3.63, 3.8) is 0 Å². The summed E-state index contributed by atoms with van der Waals surface area (Å²) in [5.74, 6) is 0.713. The molecule has 4 rings (SSSR count). The van der Waals surface area contributed by atoms with Crippen molar-refractivity contribution in [2.45, 2.75) is 58.6 Å². The fraction of sp³-hybridized carbons (Fsp3) is 0.500. The smallest absolute Gasteiger partial charge is 0.338 e. The number of rotatable bonds is 6. The molecule has 0 saturated carbocycles. The van der Waals surface area contributed by atoms with Gasteiger partial charge >= 0.3 is 5.97 Å². The zero-order chi connectivity index (χ0) is 25.3. The number of aliphatic imine (C=N–C) groups is 1. The number of benzene rings is 1. The van der Waals surface area contributed by atoms with Crippen molar-refractivity contribution in [1.82, 2.24) is 9.80 Å². The molecule has 8 nitrogen and oxygen atoms in total. The van der Waals surface area contributed by atoms with Crippen molar-refractivity contribution in [2.24, 2.45) is 4.99 Å². The Hall–Kier alpha value is -2.94. The number of allylic oxidation sites excluding steroid dienone is 1. The van der Waals surface area contributed by atoms with E-state index in [0.717, 1.165) is 37.2 Å². The van der Waals surface area contributed by atoms with Crippen molar-refractivity contribution in [2.75, 3.05) is 27.3 Å². The maximum absolute atomic E-state index is 13.5. The van der Waals surface area contributed by atoms with Gasteiger partial charge in [0.05, 0.1) is 38.0 Å². The van der Waals surface area contributed by atoms with Gasteiger partial charge in [-0.25, -0.2) is 9.79 Å². The number of hydrogen-bond acceptors (Lipinski definition) is 8. The van der Waals surface area contributed by atoms with Crippen LogP contribution in [0, 0.1) is 0 Å². The van der Waals surface area contributed by atoms with Gasteiger partial charge in [-0.3, -0.25) is 4.79 Å². The third-order valence-corrected chi connectivity index (χ3v) is 7.03. The molecule has 1 atom stereocenters. The Morgan fingerprint density at radius 3 is 2.49 bits per heavy atom. The molecule has 0 N–H and O–H groups in total. The van der Waals surface area contributed by atoms with E-state index in [1.54, 1.807) is 14.2 Å². The molecule has 188 valence electrons. The monoisotopic (exact) mass is 499 g/mol. The highest BCUT2D eigenvalue weighted by Gasteiger charge is 2.43. The Bertz CT molecular complexity index is 1110. The molecule has 1 amide bonds. The molecule has 1 fully saturated rings. The van der Waals surface area contributed by atoms with Crippen LogP contribution in [0.1, 0.15) is 58.6 Å². The van der Waals surface area contributed by atoms with Crippen molar-refractivity contribution in [3.05, 3.63) is 46.1 Å². The molecular weight excluding hydrogens is 466 g/mol.